The zero-order valence-electron chi connectivity index (χ0n) is 10.7. The molecule has 2 rings (SSSR count). The zero-order valence-corrected chi connectivity index (χ0v) is 12.3. The Morgan fingerprint density at radius 3 is 2.79 bits per heavy atom. The number of carboxylic acids is 1. The number of carbonyl (C=O) groups is 1. The standard InChI is InChI=1S/C13H14BrN3O2/c1-3-4-11-15-12(13(18)19)16-17(11)9-6-5-8(2)10(14)7-9/h5-7H,3-4H2,1-2H3,(H,18,19). The van der Waals surface area contributed by atoms with E-state index in [-0.39, 0.29) is 5.82 Å². The third-order valence-electron chi connectivity index (χ3n) is 2.74. The van der Waals surface area contributed by atoms with Gasteiger partial charge >= 0.3 is 5.97 Å². The van der Waals surface area contributed by atoms with Crippen LogP contribution in [0.25, 0.3) is 5.69 Å². The maximum Gasteiger partial charge on any atom is 0.375 e. The average Bonchev–Trinajstić information content (AvgIpc) is 2.77. The van der Waals surface area contributed by atoms with E-state index in [9.17, 15) is 4.79 Å². The molecule has 0 bridgehead atoms. The minimum Gasteiger partial charge on any atom is -0.475 e. The lowest BCUT2D eigenvalue weighted by atomic mass is 10.2. The molecule has 6 heteroatoms. The molecule has 0 aliphatic heterocycles. The molecular weight excluding hydrogens is 310 g/mol. The van der Waals surface area contributed by atoms with E-state index in [1.807, 2.05) is 32.0 Å². The van der Waals surface area contributed by atoms with Crippen LogP contribution < -0.4 is 0 Å². The summed E-state index contributed by atoms with van der Waals surface area (Å²) in [5, 5.41) is 13.0. The van der Waals surface area contributed by atoms with Crippen molar-refractivity contribution in [3.8, 4) is 5.69 Å². The Bertz CT molecular complexity index is 622. The molecule has 1 aromatic heterocycles. The molecule has 0 amide bonds. The number of hydrogen-bond acceptors (Lipinski definition) is 3. The van der Waals surface area contributed by atoms with Crippen LogP contribution in [-0.2, 0) is 6.42 Å². The van der Waals surface area contributed by atoms with Crippen molar-refractivity contribution >= 4 is 21.9 Å². The summed E-state index contributed by atoms with van der Waals surface area (Å²) in [6, 6.07) is 5.77. The monoisotopic (exact) mass is 323 g/mol. The van der Waals surface area contributed by atoms with Gasteiger partial charge in [0.15, 0.2) is 0 Å². The van der Waals surface area contributed by atoms with E-state index < -0.39 is 5.97 Å². The van der Waals surface area contributed by atoms with Crippen LogP contribution in [0.5, 0.6) is 0 Å². The first-order valence-corrected chi connectivity index (χ1v) is 6.78. The molecule has 5 nitrogen and oxygen atoms in total. The fourth-order valence-corrected chi connectivity index (χ4v) is 2.11. The molecule has 0 saturated heterocycles. The first kappa shape index (κ1) is 13.7. The number of nitrogens with zero attached hydrogens (tertiary/aromatic N) is 3. The van der Waals surface area contributed by atoms with E-state index in [0.29, 0.717) is 12.2 Å². The van der Waals surface area contributed by atoms with Gasteiger partial charge in [0.2, 0.25) is 0 Å². The van der Waals surface area contributed by atoms with Gasteiger partial charge < -0.3 is 5.11 Å². The summed E-state index contributed by atoms with van der Waals surface area (Å²) in [6.07, 6.45) is 1.57. The molecule has 19 heavy (non-hydrogen) atoms. The Kier molecular flexibility index (Phi) is 3.99. The second kappa shape index (κ2) is 5.52. The van der Waals surface area contributed by atoms with E-state index in [0.717, 1.165) is 22.1 Å². The van der Waals surface area contributed by atoms with Gasteiger partial charge in [-0.25, -0.2) is 14.5 Å². The molecule has 1 N–H and O–H groups in total. The van der Waals surface area contributed by atoms with Crippen molar-refractivity contribution in [1.82, 2.24) is 14.8 Å². The molecule has 100 valence electrons. The van der Waals surface area contributed by atoms with Crippen LogP contribution in [0.2, 0.25) is 0 Å². The second-order valence-electron chi connectivity index (χ2n) is 4.25. The minimum absolute atomic E-state index is 0.167. The SMILES string of the molecule is CCCc1nc(C(=O)O)nn1-c1ccc(C)c(Br)c1. The largest absolute Gasteiger partial charge is 0.475 e. The summed E-state index contributed by atoms with van der Waals surface area (Å²) < 4.78 is 2.55. The Morgan fingerprint density at radius 2 is 2.21 bits per heavy atom. The van der Waals surface area contributed by atoms with Crippen molar-refractivity contribution in [1.29, 1.82) is 0 Å². The lowest BCUT2D eigenvalue weighted by molar-refractivity contribution is 0.0683. The van der Waals surface area contributed by atoms with Crippen LogP contribution in [0.1, 0.15) is 35.4 Å². The molecular formula is C13H14BrN3O2. The highest BCUT2D eigenvalue weighted by Crippen LogP contribution is 2.21. The van der Waals surface area contributed by atoms with Gasteiger partial charge in [0, 0.05) is 10.9 Å². The molecule has 1 aromatic carbocycles. The summed E-state index contributed by atoms with van der Waals surface area (Å²) in [7, 11) is 0. The number of hydrogen-bond donors (Lipinski definition) is 1. The number of benzene rings is 1. The third-order valence-corrected chi connectivity index (χ3v) is 3.59. The van der Waals surface area contributed by atoms with Crippen molar-refractivity contribution in [2.24, 2.45) is 0 Å². The summed E-state index contributed by atoms with van der Waals surface area (Å²) in [5.74, 6) is -0.613. The van der Waals surface area contributed by atoms with E-state index >= 15 is 0 Å². The van der Waals surface area contributed by atoms with Crippen LogP contribution in [-0.4, -0.2) is 25.8 Å². The fourth-order valence-electron chi connectivity index (χ4n) is 1.74. The molecule has 0 atom stereocenters. The summed E-state index contributed by atoms with van der Waals surface area (Å²) >= 11 is 3.46. The minimum atomic E-state index is -1.11. The lowest BCUT2D eigenvalue weighted by Gasteiger charge is -2.06. The molecule has 1 heterocycles. The number of carboxylic acid groups (broad SMARTS) is 1. The van der Waals surface area contributed by atoms with E-state index in [1.54, 1.807) is 4.68 Å². The Morgan fingerprint density at radius 1 is 1.47 bits per heavy atom. The number of halogens is 1. The zero-order chi connectivity index (χ0) is 14.0. The highest BCUT2D eigenvalue weighted by atomic mass is 79.9. The summed E-state index contributed by atoms with van der Waals surface area (Å²) in [5.41, 5.74) is 1.92. The Labute approximate surface area is 119 Å². The van der Waals surface area contributed by atoms with E-state index in [1.165, 1.54) is 0 Å². The van der Waals surface area contributed by atoms with Crippen LogP contribution in [0.4, 0.5) is 0 Å². The molecule has 0 saturated carbocycles. The molecule has 0 fully saturated rings. The van der Waals surface area contributed by atoms with Crippen LogP contribution in [0.3, 0.4) is 0 Å². The van der Waals surface area contributed by atoms with Gasteiger partial charge in [-0.1, -0.05) is 28.9 Å². The number of rotatable bonds is 4. The summed E-state index contributed by atoms with van der Waals surface area (Å²) in [6.45, 7) is 4.01. The van der Waals surface area contributed by atoms with Gasteiger partial charge in [-0.15, -0.1) is 5.10 Å². The Hall–Kier alpha value is -1.69. The maximum atomic E-state index is 11.0. The molecule has 2 aromatic rings. The predicted molar refractivity (Wildman–Crippen MR) is 74.8 cm³/mol. The normalized spacial score (nSPS) is 10.7. The van der Waals surface area contributed by atoms with Crippen molar-refractivity contribution in [2.75, 3.05) is 0 Å². The topological polar surface area (TPSA) is 68.0 Å². The van der Waals surface area contributed by atoms with Gasteiger partial charge in [-0.05, 0) is 31.0 Å². The van der Waals surface area contributed by atoms with Gasteiger partial charge in [0.1, 0.15) is 5.82 Å². The summed E-state index contributed by atoms with van der Waals surface area (Å²) in [4.78, 5) is 15.0. The number of aromatic carboxylic acids is 1. The molecule has 0 spiro atoms. The van der Waals surface area contributed by atoms with E-state index in [2.05, 4.69) is 26.0 Å². The molecule has 0 unspecified atom stereocenters. The quantitative estimate of drug-likeness (QED) is 0.939. The van der Waals surface area contributed by atoms with E-state index in [4.69, 9.17) is 5.11 Å². The first-order chi connectivity index (χ1) is 9.02. The lowest BCUT2D eigenvalue weighted by Crippen LogP contribution is -2.04. The van der Waals surface area contributed by atoms with Gasteiger partial charge in [0.25, 0.3) is 5.82 Å². The predicted octanol–water partition coefficient (Wildman–Crippen LogP) is 2.99. The second-order valence-corrected chi connectivity index (χ2v) is 5.11. The van der Waals surface area contributed by atoms with Crippen LogP contribution in [0.15, 0.2) is 22.7 Å². The maximum absolute atomic E-state index is 11.0. The Balaban J connectivity index is 2.52. The molecule has 0 radical (unpaired) electrons. The van der Waals surface area contributed by atoms with Crippen LogP contribution >= 0.6 is 15.9 Å². The highest BCUT2D eigenvalue weighted by molar-refractivity contribution is 9.10. The van der Waals surface area contributed by atoms with Crippen molar-refractivity contribution in [3.05, 3.63) is 39.9 Å². The van der Waals surface area contributed by atoms with Gasteiger partial charge in [-0.2, -0.15) is 0 Å². The van der Waals surface area contributed by atoms with Gasteiger partial charge in [-0.3, -0.25) is 0 Å². The first-order valence-electron chi connectivity index (χ1n) is 5.98. The van der Waals surface area contributed by atoms with Crippen LogP contribution in [0, 0.1) is 6.92 Å². The molecule has 0 aliphatic rings. The van der Waals surface area contributed by atoms with Gasteiger partial charge in [0.05, 0.1) is 5.69 Å². The smallest absolute Gasteiger partial charge is 0.375 e. The molecule has 0 aliphatic carbocycles. The van der Waals surface area contributed by atoms with Crippen molar-refractivity contribution in [3.63, 3.8) is 0 Å². The number of aryl methyl sites for hydroxylation is 2. The van der Waals surface area contributed by atoms with Crippen molar-refractivity contribution < 1.29 is 9.90 Å². The average molecular weight is 324 g/mol. The number of aromatic nitrogens is 3. The fraction of sp³-hybridized carbons (Fsp3) is 0.308. The third kappa shape index (κ3) is 2.84. The highest BCUT2D eigenvalue weighted by Gasteiger charge is 2.16. The van der Waals surface area contributed by atoms with Crippen molar-refractivity contribution in [2.45, 2.75) is 26.7 Å².